The van der Waals surface area contributed by atoms with Crippen molar-refractivity contribution >= 4 is 23.0 Å². The largest absolute Gasteiger partial charge is 0.466 e. The van der Waals surface area contributed by atoms with Crippen molar-refractivity contribution in [2.24, 2.45) is 5.92 Å². The van der Waals surface area contributed by atoms with Gasteiger partial charge in [0.05, 0.1) is 23.8 Å². The van der Waals surface area contributed by atoms with E-state index in [-0.39, 0.29) is 11.5 Å². The lowest BCUT2D eigenvalue weighted by Crippen LogP contribution is -2.30. The highest BCUT2D eigenvalue weighted by Crippen LogP contribution is 2.19. The molecule has 0 aliphatic carbocycles. The molecule has 1 atom stereocenters. The second kappa shape index (κ2) is 7.21. The first-order chi connectivity index (χ1) is 11.0. The number of nitrogens with zero attached hydrogens (tertiary/aromatic N) is 2. The monoisotopic (exact) mass is 320 g/mol. The van der Waals surface area contributed by atoms with E-state index in [1.165, 1.54) is 13.3 Å². The van der Waals surface area contributed by atoms with Crippen LogP contribution in [0.15, 0.2) is 16.8 Å². The van der Waals surface area contributed by atoms with Crippen molar-refractivity contribution in [3.8, 4) is 0 Å². The molecule has 0 aliphatic rings. The van der Waals surface area contributed by atoms with E-state index in [4.69, 9.17) is 9.26 Å². The summed E-state index contributed by atoms with van der Waals surface area (Å²) in [6.07, 6.45) is 1.46. The Kier molecular flexibility index (Phi) is 5.31. The van der Waals surface area contributed by atoms with Gasteiger partial charge in [0.25, 0.3) is 5.71 Å². The number of methoxy groups -OCH3 is 1. The Morgan fingerprint density at radius 2 is 2.09 bits per heavy atom. The lowest BCUT2D eigenvalue weighted by Gasteiger charge is -2.17. The Bertz CT molecular complexity index is 708. The zero-order valence-electron chi connectivity index (χ0n) is 13.7. The minimum absolute atomic E-state index is 0.178. The van der Waals surface area contributed by atoms with Crippen molar-refractivity contribution in [1.29, 1.82) is 0 Å². The molecule has 0 N–H and O–H groups in total. The van der Waals surface area contributed by atoms with Gasteiger partial charge in [0.2, 0.25) is 0 Å². The number of aryl methyl sites for hydroxylation is 1. The second-order valence-electron chi connectivity index (χ2n) is 5.61. The molecule has 2 aromatic heterocycles. The van der Waals surface area contributed by atoms with Crippen molar-refractivity contribution in [3.05, 3.63) is 23.5 Å². The predicted molar refractivity (Wildman–Crippen MR) is 81.9 cm³/mol. The maximum atomic E-state index is 12.3. The Morgan fingerprint density at radius 3 is 2.70 bits per heavy atom. The molecule has 0 saturated heterocycles. The Balaban J connectivity index is 2.22. The molecule has 124 valence electrons. The minimum atomic E-state index is -0.934. The first-order valence-electron chi connectivity index (χ1n) is 7.49. The van der Waals surface area contributed by atoms with Crippen LogP contribution in [0.2, 0.25) is 0 Å². The van der Waals surface area contributed by atoms with Crippen LogP contribution < -0.4 is 0 Å². The van der Waals surface area contributed by atoms with E-state index >= 15 is 0 Å². The van der Waals surface area contributed by atoms with Crippen LogP contribution in [-0.4, -0.2) is 35.3 Å². The number of hydrogen-bond acceptors (Lipinski definition) is 7. The molecule has 0 bridgehead atoms. The van der Waals surface area contributed by atoms with Crippen molar-refractivity contribution in [2.45, 2.75) is 39.7 Å². The molecule has 7 nitrogen and oxygen atoms in total. The molecule has 0 radical (unpaired) electrons. The quantitative estimate of drug-likeness (QED) is 0.755. The predicted octanol–water partition coefficient (Wildman–Crippen LogP) is 2.53. The number of hydrogen-bond donors (Lipinski definition) is 0. The Morgan fingerprint density at radius 1 is 1.35 bits per heavy atom. The van der Waals surface area contributed by atoms with Crippen LogP contribution in [0.1, 0.15) is 43.2 Å². The Hall–Kier alpha value is -2.44. The molecule has 2 rings (SSSR count). The molecule has 7 heteroatoms. The topological polar surface area (TPSA) is 91.5 Å². The van der Waals surface area contributed by atoms with Crippen molar-refractivity contribution in [2.75, 3.05) is 7.11 Å². The number of pyridine rings is 1. The lowest BCUT2D eigenvalue weighted by atomic mass is 10.1. The van der Waals surface area contributed by atoms with Gasteiger partial charge in [-0.3, -0.25) is 0 Å². The highest BCUT2D eigenvalue weighted by molar-refractivity contribution is 5.94. The standard InChI is InChI=1S/C16H20N2O5/c1-5-12-11-7-10(8-17-14(11)23-18-12)15(19)22-13(6-9(2)3)16(20)21-4/h7-9,13H,5-6H2,1-4H3/t13-/m1/s1. The fourth-order valence-electron chi connectivity index (χ4n) is 2.20. The van der Waals surface area contributed by atoms with Gasteiger partial charge in [-0.1, -0.05) is 25.9 Å². The summed E-state index contributed by atoms with van der Waals surface area (Å²) in [6, 6.07) is 1.61. The third-order valence-electron chi connectivity index (χ3n) is 3.37. The molecule has 0 aliphatic heterocycles. The summed E-state index contributed by atoms with van der Waals surface area (Å²) in [5, 5.41) is 4.56. The van der Waals surface area contributed by atoms with Gasteiger partial charge in [0.1, 0.15) is 0 Å². The number of fused-ring (bicyclic) bond motifs is 1. The van der Waals surface area contributed by atoms with Gasteiger partial charge in [-0.05, 0) is 24.8 Å². The molecule has 0 spiro atoms. The van der Waals surface area contributed by atoms with Gasteiger partial charge in [-0.25, -0.2) is 14.6 Å². The molecule has 0 aromatic carbocycles. The van der Waals surface area contributed by atoms with Crippen molar-refractivity contribution in [1.82, 2.24) is 10.1 Å². The first-order valence-corrected chi connectivity index (χ1v) is 7.49. The van der Waals surface area contributed by atoms with Crippen LogP contribution in [-0.2, 0) is 20.7 Å². The van der Waals surface area contributed by atoms with Crippen LogP contribution in [0, 0.1) is 5.92 Å². The fraction of sp³-hybridized carbons (Fsp3) is 0.500. The first kappa shape index (κ1) is 16.9. The molecule has 0 saturated carbocycles. The minimum Gasteiger partial charge on any atom is -0.466 e. The van der Waals surface area contributed by atoms with Gasteiger partial charge < -0.3 is 14.0 Å². The number of esters is 2. The summed E-state index contributed by atoms with van der Waals surface area (Å²) >= 11 is 0. The van der Waals surface area contributed by atoms with E-state index in [0.29, 0.717) is 29.6 Å². The SMILES string of the molecule is CCc1noc2ncc(C(=O)O[C@H](CC(C)C)C(=O)OC)cc12. The molecular formula is C16H20N2O5. The van der Waals surface area contributed by atoms with Crippen molar-refractivity contribution < 1.29 is 23.6 Å². The normalized spacial score (nSPS) is 12.4. The molecule has 2 heterocycles. The van der Waals surface area contributed by atoms with Gasteiger partial charge in [0.15, 0.2) is 6.10 Å². The number of carbonyl (C=O) groups excluding carboxylic acids is 2. The lowest BCUT2D eigenvalue weighted by molar-refractivity contribution is -0.151. The zero-order chi connectivity index (χ0) is 17.0. The molecule has 0 amide bonds. The van der Waals surface area contributed by atoms with E-state index < -0.39 is 18.0 Å². The molecule has 0 unspecified atom stereocenters. The average molecular weight is 320 g/mol. The molecule has 2 aromatic rings. The van der Waals surface area contributed by atoms with Crippen LogP contribution in [0.3, 0.4) is 0 Å². The molecule has 0 fully saturated rings. The summed E-state index contributed by atoms with van der Waals surface area (Å²) in [6.45, 7) is 5.79. The van der Waals surface area contributed by atoms with Crippen LogP contribution in [0.4, 0.5) is 0 Å². The number of rotatable bonds is 6. The zero-order valence-corrected chi connectivity index (χ0v) is 13.7. The summed E-state index contributed by atoms with van der Waals surface area (Å²) in [7, 11) is 1.27. The average Bonchev–Trinajstić information content (AvgIpc) is 2.95. The maximum Gasteiger partial charge on any atom is 0.347 e. The number of carbonyl (C=O) groups is 2. The highest BCUT2D eigenvalue weighted by Gasteiger charge is 2.26. The third-order valence-corrected chi connectivity index (χ3v) is 3.37. The van der Waals surface area contributed by atoms with Crippen molar-refractivity contribution in [3.63, 3.8) is 0 Å². The maximum absolute atomic E-state index is 12.3. The summed E-state index contributed by atoms with van der Waals surface area (Å²) in [4.78, 5) is 28.1. The van der Waals surface area contributed by atoms with E-state index in [1.54, 1.807) is 6.07 Å². The Labute approximate surface area is 133 Å². The number of ether oxygens (including phenoxy) is 2. The summed E-state index contributed by atoms with van der Waals surface area (Å²) < 4.78 is 15.1. The molecule has 23 heavy (non-hydrogen) atoms. The fourth-order valence-corrected chi connectivity index (χ4v) is 2.20. The van der Waals surface area contributed by atoms with Crippen LogP contribution in [0.25, 0.3) is 11.1 Å². The van der Waals surface area contributed by atoms with E-state index in [9.17, 15) is 9.59 Å². The van der Waals surface area contributed by atoms with Crippen LogP contribution >= 0.6 is 0 Å². The second-order valence-corrected chi connectivity index (χ2v) is 5.61. The third kappa shape index (κ3) is 3.85. The summed E-state index contributed by atoms with van der Waals surface area (Å²) in [5.74, 6) is -1.02. The van der Waals surface area contributed by atoms with Gasteiger partial charge in [0, 0.05) is 6.20 Å². The van der Waals surface area contributed by atoms with E-state index in [1.807, 2.05) is 20.8 Å². The van der Waals surface area contributed by atoms with Gasteiger partial charge in [-0.15, -0.1) is 0 Å². The van der Waals surface area contributed by atoms with Gasteiger partial charge >= 0.3 is 11.9 Å². The number of aromatic nitrogens is 2. The van der Waals surface area contributed by atoms with E-state index in [2.05, 4.69) is 14.9 Å². The smallest absolute Gasteiger partial charge is 0.347 e. The molecular weight excluding hydrogens is 300 g/mol. The van der Waals surface area contributed by atoms with E-state index in [0.717, 1.165) is 0 Å². The van der Waals surface area contributed by atoms with Crippen LogP contribution in [0.5, 0.6) is 0 Å². The summed E-state index contributed by atoms with van der Waals surface area (Å²) in [5.41, 5.74) is 1.33. The van der Waals surface area contributed by atoms with Gasteiger partial charge in [-0.2, -0.15) is 0 Å². The highest BCUT2D eigenvalue weighted by atomic mass is 16.6.